The number of carbonyl (C=O) groups is 1. The lowest BCUT2D eigenvalue weighted by molar-refractivity contribution is -0.143. The molecule has 0 amide bonds. The van der Waals surface area contributed by atoms with Crippen molar-refractivity contribution in [3.05, 3.63) is 88.7 Å². The molecule has 0 fully saturated rings. The van der Waals surface area contributed by atoms with E-state index in [0.717, 1.165) is 59.5 Å². The molecule has 1 aliphatic heterocycles. The largest absolute Gasteiger partial charge is 0.493 e. The van der Waals surface area contributed by atoms with E-state index in [0.29, 0.717) is 18.2 Å². The maximum Gasteiger partial charge on any atom is 0.308 e. The van der Waals surface area contributed by atoms with Crippen molar-refractivity contribution < 1.29 is 14.3 Å². The molecule has 6 nitrogen and oxygen atoms in total. The van der Waals surface area contributed by atoms with Gasteiger partial charge in [0.05, 0.1) is 25.7 Å². The van der Waals surface area contributed by atoms with Crippen LogP contribution in [0.25, 0.3) is 10.9 Å². The van der Waals surface area contributed by atoms with Crippen LogP contribution in [0.15, 0.2) is 66.9 Å². The summed E-state index contributed by atoms with van der Waals surface area (Å²) in [6.07, 6.45) is 5.21. The Kier molecular flexibility index (Phi) is 7.42. The number of rotatable bonds is 9. The second-order valence-electron chi connectivity index (χ2n) is 8.96. The molecule has 36 heavy (non-hydrogen) atoms. The van der Waals surface area contributed by atoms with E-state index in [1.165, 1.54) is 5.56 Å². The van der Waals surface area contributed by atoms with E-state index in [2.05, 4.69) is 22.0 Å². The van der Waals surface area contributed by atoms with Gasteiger partial charge in [-0.25, -0.2) is 4.98 Å². The number of aromatic nitrogens is 2. The minimum atomic E-state index is -0.240. The van der Waals surface area contributed by atoms with Gasteiger partial charge in [-0.05, 0) is 73.4 Å². The molecule has 4 aromatic rings. The van der Waals surface area contributed by atoms with Crippen LogP contribution in [-0.4, -0.2) is 35.3 Å². The van der Waals surface area contributed by atoms with Crippen LogP contribution in [-0.2, 0) is 22.4 Å². The van der Waals surface area contributed by atoms with Crippen LogP contribution in [0.2, 0.25) is 5.02 Å². The Hall–Kier alpha value is -3.51. The number of anilines is 1. The van der Waals surface area contributed by atoms with Crippen LogP contribution in [0.4, 0.5) is 5.82 Å². The Morgan fingerprint density at radius 3 is 2.94 bits per heavy atom. The summed E-state index contributed by atoms with van der Waals surface area (Å²) in [7, 11) is 0. The molecule has 2 aromatic heterocycles. The highest BCUT2D eigenvalue weighted by Gasteiger charge is 2.21. The zero-order valence-corrected chi connectivity index (χ0v) is 21.1. The van der Waals surface area contributed by atoms with Crippen molar-refractivity contribution in [1.82, 2.24) is 9.55 Å². The standard InChI is InChI=1S/C29H30ClN3O3/c1-2-35-28(34)19-27(21-5-3-7-23(30)17-21)33-15-12-22-18-25(10-11-26(22)33)36-16-13-24-9-8-20-6-4-14-31-29(20)32-24/h3,5,7-12,15,17-18,27H,2,4,6,13-14,16,19H2,1H3,(H,31,32). The smallest absolute Gasteiger partial charge is 0.308 e. The summed E-state index contributed by atoms with van der Waals surface area (Å²) in [6.45, 7) is 3.70. The number of carbonyl (C=O) groups excluding carboxylic acids is 1. The fourth-order valence-electron chi connectivity index (χ4n) is 4.75. The number of hydrogen-bond acceptors (Lipinski definition) is 5. The Bertz CT molecular complexity index is 1370. The molecule has 0 saturated carbocycles. The number of hydrogen-bond donors (Lipinski definition) is 1. The van der Waals surface area contributed by atoms with Crippen molar-refractivity contribution in [3.8, 4) is 5.75 Å². The zero-order valence-electron chi connectivity index (χ0n) is 20.4. The molecule has 1 atom stereocenters. The van der Waals surface area contributed by atoms with E-state index in [1.807, 2.05) is 61.7 Å². The number of halogens is 1. The van der Waals surface area contributed by atoms with Crippen LogP contribution in [0.1, 0.15) is 42.6 Å². The number of esters is 1. The summed E-state index contributed by atoms with van der Waals surface area (Å²) in [5.74, 6) is 1.58. The van der Waals surface area contributed by atoms with Gasteiger partial charge in [0, 0.05) is 40.8 Å². The van der Waals surface area contributed by atoms with E-state index in [4.69, 9.17) is 26.1 Å². The van der Waals surface area contributed by atoms with Crippen molar-refractivity contribution in [1.29, 1.82) is 0 Å². The number of fused-ring (bicyclic) bond motifs is 2. The lowest BCUT2D eigenvalue weighted by Crippen LogP contribution is -2.16. The van der Waals surface area contributed by atoms with Gasteiger partial charge in [-0.15, -0.1) is 0 Å². The van der Waals surface area contributed by atoms with E-state index in [1.54, 1.807) is 0 Å². The molecule has 1 unspecified atom stereocenters. The van der Waals surface area contributed by atoms with Crippen molar-refractivity contribution >= 4 is 34.3 Å². The fourth-order valence-corrected chi connectivity index (χ4v) is 4.95. The van der Waals surface area contributed by atoms with Crippen molar-refractivity contribution in [2.24, 2.45) is 0 Å². The first-order valence-corrected chi connectivity index (χ1v) is 12.9. The SMILES string of the molecule is CCOC(=O)CC(c1cccc(Cl)c1)n1ccc2cc(OCCc3ccc4c(n3)NCCC4)ccc21. The molecule has 1 N–H and O–H groups in total. The predicted molar refractivity (Wildman–Crippen MR) is 143 cm³/mol. The van der Waals surface area contributed by atoms with Crippen LogP contribution >= 0.6 is 11.6 Å². The first kappa shape index (κ1) is 24.2. The van der Waals surface area contributed by atoms with Crippen LogP contribution in [0.5, 0.6) is 5.75 Å². The quantitative estimate of drug-likeness (QED) is 0.275. The average Bonchev–Trinajstić information content (AvgIpc) is 3.30. The average molecular weight is 504 g/mol. The maximum atomic E-state index is 12.4. The highest BCUT2D eigenvalue weighted by atomic mass is 35.5. The molecule has 186 valence electrons. The zero-order chi connectivity index (χ0) is 24.9. The molecule has 7 heteroatoms. The second kappa shape index (κ2) is 11.0. The molecule has 0 spiro atoms. The molecule has 0 aliphatic carbocycles. The summed E-state index contributed by atoms with van der Waals surface area (Å²) < 4.78 is 13.4. The first-order valence-electron chi connectivity index (χ1n) is 12.5. The molecule has 0 bridgehead atoms. The Balaban J connectivity index is 1.31. The molecule has 2 aromatic carbocycles. The molecule has 1 aliphatic rings. The van der Waals surface area contributed by atoms with Crippen molar-refractivity contribution in [3.63, 3.8) is 0 Å². The molecular weight excluding hydrogens is 474 g/mol. The fraction of sp³-hybridized carbons (Fsp3) is 0.310. The predicted octanol–water partition coefficient (Wildman–Crippen LogP) is 6.21. The van der Waals surface area contributed by atoms with Gasteiger partial charge in [0.1, 0.15) is 11.6 Å². The van der Waals surface area contributed by atoms with E-state index >= 15 is 0 Å². The topological polar surface area (TPSA) is 65.4 Å². The summed E-state index contributed by atoms with van der Waals surface area (Å²) in [6, 6.07) is 19.8. The Morgan fingerprint density at radius 2 is 2.08 bits per heavy atom. The van der Waals surface area contributed by atoms with Gasteiger partial charge >= 0.3 is 5.97 Å². The van der Waals surface area contributed by atoms with Crippen molar-refractivity contribution in [2.45, 2.75) is 38.6 Å². The molecular formula is C29H30ClN3O3. The van der Waals surface area contributed by atoms with Gasteiger partial charge in [-0.2, -0.15) is 0 Å². The normalized spacial score (nSPS) is 13.6. The minimum Gasteiger partial charge on any atom is -0.493 e. The molecule has 3 heterocycles. The minimum absolute atomic E-state index is 0.221. The second-order valence-corrected chi connectivity index (χ2v) is 9.40. The number of nitrogens with one attached hydrogen (secondary N) is 1. The van der Waals surface area contributed by atoms with E-state index in [9.17, 15) is 4.79 Å². The van der Waals surface area contributed by atoms with Crippen molar-refractivity contribution in [2.75, 3.05) is 25.1 Å². The molecule has 0 saturated heterocycles. The highest BCUT2D eigenvalue weighted by molar-refractivity contribution is 6.30. The summed E-state index contributed by atoms with van der Waals surface area (Å²) in [5.41, 5.74) is 4.29. The highest BCUT2D eigenvalue weighted by Crippen LogP contribution is 2.31. The Morgan fingerprint density at radius 1 is 1.17 bits per heavy atom. The molecule has 5 rings (SSSR count). The third-order valence-corrected chi connectivity index (χ3v) is 6.74. The summed E-state index contributed by atoms with van der Waals surface area (Å²) in [4.78, 5) is 17.2. The Labute approximate surface area is 216 Å². The van der Waals surface area contributed by atoms with Gasteiger partial charge in [-0.1, -0.05) is 29.8 Å². The lowest BCUT2D eigenvalue weighted by atomic mass is 10.0. The number of pyridine rings is 1. The third-order valence-electron chi connectivity index (χ3n) is 6.51. The monoisotopic (exact) mass is 503 g/mol. The number of benzene rings is 2. The first-order chi connectivity index (χ1) is 17.6. The van der Waals surface area contributed by atoms with Gasteiger partial charge in [0.25, 0.3) is 0 Å². The van der Waals surface area contributed by atoms with E-state index in [-0.39, 0.29) is 18.4 Å². The van der Waals surface area contributed by atoms with E-state index < -0.39 is 0 Å². The van der Waals surface area contributed by atoms with Gasteiger partial charge in [0.2, 0.25) is 0 Å². The lowest BCUT2D eigenvalue weighted by Gasteiger charge is -2.20. The van der Waals surface area contributed by atoms with Gasteiger partial charge < -0.3 is 19.4 Å². The summed E-state index contributed by atoms with van der Waals surface area (Å²) >= 11 is 6.26. The van der Waals surface area contributed by atoms with Crippen LogP contribution < -0.4 is 10.1 Å². The molecule has 0 radical (unpaired) electrons. The number of ether oxygens (including phenoxy) is 2. The number of nitrogens with zero attached hydrogens (tertiary/aromatic N) is 2. The number of aryl methyl sites for hydroxylation is 1. The maximum absolute atomic E-state index is 12.4. The van der Waals surface area contributed by atoms with Crippen LogP contribution in [0, 0.1) is 0 Å². The van der Waals surface area contributed by atoms with Crippen LogP contribution in [0.3, 0.4) is 0 Å². The van der Waals surface area contributed by atoms with Gasteiger partial charge in [-0.3, -0.25) is 4.79 Å². The third kappa shape index (κ3) is 5.49. The summed E-state index contributed by atoms with van der Waals surface area (Å²) in [5, 5.41) is 5.06. The van der Waals surface area contributed by atoms with Gasteiger partial charge in [0.15, 0.2) is 0 Å².